The molecule has 0 saturated carbocycles. The maximum Gasteiger partial charge on any atom is 0.203 e. The zero-order valence-corrected chi connectivity index (χ0v) is 12.2. The second kappa shape index (κ2) is 7.86. The predicted octanol–water partition coefficient (Wildman–Crippen LogP) is 1.19. The van der Waals surface area contributed by atoms with Crippen molar-refractivity contribution < 1.29 is 14.2 Å². The molecule has 0 saturated heterocycles. The van der Waals surface area contributed by atoms with Crippen molar-refractivity contribution in [2.75, 3.05) is 34.4 Å². The van der Waals surface area contributed by atoms with Gasteiger partial charge in [-0.15, -0.1) is 0 Å². The first-order chi connectivity index (χ1) is 9.12. The fraction of sp³-hybridized carbons (Fsp3) is 0.571. The van der Waals surface area contributed by atoms with Gasteiger partial charge in [-0.05, 0) is 37.6 Å². The molecule has 1 rings (SSSR count). The zero-order chi connectivity index (χ0) is 14.3. The van der Waals surface area contributed by atoms with E-state index in [4.69, 9.17) is 19.9 Å². The van der Waals surface area contributed by atoms with Crippen LogP contribution >= 0.6 is 0 Å². The molecule has 5 heteroatoms. The van der Waals surface area contributed by atoms with Crippen LogP contribution in [0.25, 0.3) is 0 Å². The quantitative estimate of drug-likeness (QED) is 0.693. The fourth-order valence-electron chi connectivity index (χ4n) is 1.84. The molecule has 3 N–H and O–H groups in total. The van der Waals surface area contributed by atoms with E-state index in [9.17, 15) is 0 Å². The Kier molecular flexibility index (Phi) is 6.45. The van der Waals surface area contributed by atoms with Crippen LogP contribution in [0.1, 0.15) is 12.5 Å². The number of rotatable bonds is 8. The maximum absolute atomic E-state index is 5.68. The Morgan fingerprint density at radius 2 is 1.68 bits per heavy atom. The van der Waals surface area contributed by atoms with Gasteiger partial charge < -0.3 is 25.3 Å². The molecule has 108 valence electrons. The molecule has 0 bridgehead atoms. The molecule has 0 aliphatic rings. The Morgan fingerprint density at radius 3 is 2.11 bits per heavy atom. The van der Waals surface area contributed by atoms with Crippen LogP contribution in [0, 0.1) is 0 Å². The molecule has 0 radical (unpaired) electrons. The van der Waals surface area contributed by atoms with Gasteiger partial charge in [0.05, 0.1) is 21.3 Å². The lowest BCUT2D eigenvalue weighted by Crippen LogP contribution is -2.32. The van der Waals surface area contributed by atoms with E-state index in [1.807, 2.05) is 19.1 Å². The predicted molar refractivity (Wildman–Crippen MR) is 76.3 cm³/mol. The summed E-state index contributed by atoms with van der Waals surface area (Å²) >= 11 is 0. The van der Waals surface area contributed by atoms with Crippen LogP contribution in [0.15, 0.2) is 12.1 Å². The highest BCUT2D eigenvalue weighted by atomic mass is 16.5. The van der Waals surface area contributed by atoms with Gasteiger partial charge in [0.15, 0.2) is 11.5 Å². The van der Waals surface area contributed by atoms with E-state index >= 15 is 0 Å². The summed E-state index contributed by atoms with van der Waals surface area (Å²) < 4.78 is 15.9. The summed E-state index contributed by atoms with van der Waals surface area (Å²) in [7, 11) is 4.84. The van der Waals surface area contributed by atoms with Crippen molar-refractivity contribution in [3.8, 4) is 17.2 Å². The van der Waals surface area contributed by atoms with Gasteiger partial charge in [0.1, 0.15) is 0 Å². The van der Waals surface area contributed by atoms with Gasteiger partial charge in [0, 0.05) is 12.6 Å². The molecule has 0 amide bonds. The molecule has 1 atom stereocenters. The van der Waals surface area contributed by atoms with Crippen molar-refractivity contribution in [3.63, 3.8) is 0 Å². The van der Waals surface area contributed by atoms with E-state index < -0.39 is 0 Å². The van der Waals surface area contributed by atoms with E-state index in [0.29, 0.717) is 17.2 Å². The fourth-order valence-corrected chi connectivity index (χ4v) is 1.84. The van der Waals surface area contributed by atoms with Crippen LogP contribution in [-0.4, -0.2) is 40.5 Å². The highest BCUT2D eigenvalue weighted by Gasteiger charge is 2.12. The second-order valence-corrected chi connectivity index (χ2v) is 4.46. The molecule has 1 aromatic rings. The number of hydrogen-bond acceptors (Lipinski definition) is 5. The molecule has 0 fully saturated rings. The zero-order valence-electron chi connectivity index (χ0n) is 12.2. The van der Waals surface area contributed by atoms with E-state index in [1.165, 1.54) is 0 Å². The van der Waals surface area contributed by atoms with Crippen molar-refractivity contribution in [3.05, 3.63) is 17.7 Å². The number of methoxy groups -OCH3 is 3. The summed E-state index contributed by atoms with van der Waals surface area (Å²) in [4.78, 5) is 0. The Morgan fingerprint density at radius 1 is 1.11 bits per heavy atom. The van der Waals surface area contributed by atoms with Crippen LogP contribution in [0.2, 0.25) is 0 Å². The minimum atomic E-state index is 0.167. The van der Waals surface area contributed by atoms with Crippen molar-refractivity contribution in [2.45, 2.75) is 19.4 Å². The third kappa shape index (κ3) is 4.61. The molecule has 0 aliphatic heterocycles. The van der Waals surface area contributed by atoms with Gasteiger partial charge in [-0.1, -0.05) is 0 Å². The van der Waals surface area contributed by atoms with Crippen LogP contribution in [0.3, 0.4) is 0 Å². The monoisotopic (exact) mass is 268 g/mol. The molecule has 1 unspecified atom stereocenters. The highest BCUT2D eigenvalue weighted by Crippen LogP contribution is 2.38. The molecule has 0 spiro atoms. The average Bonchev–Trinajstić information content (AvgIpc) is 2.42. The summed E-state index contributed by atoms with van der Waals surface area (Å²) in [6, 6.07) is 4.10. The minimum absolute atomic E-state index is 0.167. The Balaban J connectivity index is 2.73. The van der Waals surface area contributed by atoms with Gasteiger partial charge in [0.25, 0.3) is 0 Å². The number of ether oxygens (including phenoxy) is 3. The lowest BCUT2D eigenvalue weighted by Gasteiger charge is -2.14. The van der Waals surface area contributed by atoms with Gasteiger partial charge >= 0.3 is 0 Å². The smallest absolute Gasteiger partial charge is 0.203 e. The maximum atomic E-state index is 5.68. The first-order valence-corrected chi connectivity index (χ1v) is 6.37. The summed E-state index contributed by atoms with van der Waals surface area (Å²) in [5, 5.41) is 3.30. The molecule has 19 heavy (non-hydrogen) atoms. The normalized spacial score (nSPS) is 12.1. The van der Waals surface area contributed by atoms with Crippen LogP contribution in [0.5, 0.6) is 17.2 Å². The van der Waals surface area contributed by atoms with Crippen molar-refractivity contribution >= 4 is 0 Å². The van der Waals surface area contributed by atoms with Crippen molar-refractivity contribution in [1.82, 2.24) is 5.32 Å². The first kappa shape index (κ1) is 15.6. The van der Waals surface area contributed by atoms with Crippen LogP contribution in [0.4, 0.5) is 0 Å². The van der Waals surface area contributed by atoms with Crippen molar-refractivity contribution in [2.24, 2.45) is 5.73 Å². The standard InChI is InChI=1S/C14H24N2O3/c1-10(15)9-16-6-5-11-7-12(17-2)14(19-4)13(8-11)18-3/h7-8,10,16H,5-6,9,15H2,1-4H3. The minimum Gasteiger partial charge on any atom is -0.493 e. The molecule has 0 heterocycles. The first-order valence-electron chi connectivity index (χ1n) is 6.37. The number of benzene rings is 1. The van der Waals surface area contributed by atoms with Gasteiger partial charge in [-0.2, -0.15) is 0 Å². The lowest BCUT2D eigenvalue weighted by molar-refractivity contribution is 0.323. The second-order valence-electron chi connectivity index (χ2n) is 4.46. The van der Waals surface area contributed by atoms with Gasteiger partial charge in [-0.25, -0.2) is 0 Å². The number of hydrogen-bond donors (Lipinski definition) is 2. The van der Waals surface area contributed by atoms with E-state index in [-0.39, 0.29) is 6.04 Å². The molecule has 0 aliphatic carbocycles. The van der Waals surface area contributed by atoms with E-state index in [2.05, 4.69) is 5.32 Å². The van der Waals surface area contributed by atoms with E-state index in [0.717, 1.165) is 25.1 Å². The number of nitrogens with two attached hydrogens (primary N) is 1. The molecule has 0 aromatic heterocycles. The summed E-state index contributed by atoms with van der Waals surface area (Å²) in [6.07, 6.45) is 0.878. The Labute approximate surface area is 115 Å². The average molecular weight is 268 g/mol. The third-order valence-corrected chi connectivity index (χ3v) is 2.78. The Hall–Kier alpha value is -1.46. The molecular formula is C14H24N2O3. The summed E-state index contributed by atoms with van der Waals surface area (Å²) in [5.41, 5.74) is 6.81. The van der Waals surface area contributed by atoms with Gasteiger partial charge in [-0.3, -0.25) is 0 Å². The Bertz CT molecular complexity index is 369. The third-order valence-electron chi connectivity index (χ3n) is 2.78. The molecular weight excluding hydrogens is 244 g/mol. The highest BCUT2D eigenvalue weighted by molar-refractivity contribution is 5.53. The largest absolute Gasteiger partial charge is 0.493 e. The van der Waals surface area contributed by atoms with Crippen LogP contribution < -0.4 is 25.3 Å². The van der Waals surface area contributed by atoms with Crippen molar-refractivity contribution in [1.29, 1.82) is 0 Å². The SMILES string of the molecule is COc1cc(CCNCC(C)N)cc(OC)c1OC. The summed E-state index contributed by atoms with van der Waals surface area (Å²) in [5.74, 6) is 1.99. The van der Waals surface area contributed by atoms with E-state index in [1.54, 1.807) is 21.3 Å². The molecule has 1 aromatic carbocycles. The summed E-state index contributed by atoms with van der Waals surface area (Å²) in [6.45, 7) is 3.65. The number of nitrogens with one attached hydrogen (secondary N) is 1. The van der Waals surface area contributed by atoms with Crippen LogP contribution in [-0.2, 0) is 6.42 Å². The molecule has 5 nitrogen and oxygen atoms in total. The van der Waals surface area contributed by atoms with Gasteiger partial charge in [0.2, 0.25) is 5.75 Å². The topological polar surface area (TPSA) is 65.7 Å². The lowest BCUT2D eigenvalue weighted by atomic mass is 10.1.